The summed E-state index contributed by atoms with van der Waals surface area (Å²) < 4.78 is 5.90. The van der Waals surface area contributed by atoms with E-state index < -0.39 is 0 Å². The van der Waals surface area contributed by atoms with E-state index in [0.717, 1.165) is 32.2 Å². The highest BCUT2D eigenvalue weighted by atomic mass is 16.5. The second-order valence-electron chi connectivity index (χ2n) is 5.79. The molecule has 0 amide bonds. The van der Waals surface area contributed by atoms with Crippen LogP contribution in [-0.4, -0.2) is 13.2 Å². The average Bonchev–Trinajstić information content (AvgIpc) is 2.48. The van der Waals surface area contributed by atoms with Gasteiger partial charge in [-0.3, -0.25) is 0 Å². The van der Waals surface area contributed by atoms with E-state index in [-0.39, 0.29) is 0 Å². The summed E-state index contributed by atoms with van der Waals surface area (Å²) >= 11 is 0. The zero-order valence-electron chi connectivity index (χ0n) is 12.8. The van der Waals surface area contributed by atoms with Crippen LogP contribution in [0.1, 0.15) is 37.8 Å². The van der Waals surface area contributed by atoms with Crippen LogP contribution in [0, 0.1) is 11.8 Å². The van der Waals surface area contributed by atoms with E-state index in [9.17, 15) is 0 Å². The van der Waals surface area contributed by atoms with Gasteiger partial charge >= 0.3 is 0 Å². The topological polar surface area (TPSA) is 21.3 Å². The van der Waals surface area contributed by atoms with E-state index in [4.69, 9.17) is 4.74 Å². The molecule has 0 radical (unpaired) electrons. The van der Waals surface area contributed by atoms with Crippen molar-refractivity contribution in [2.75, 3.05) is 13.2 Å². The van der Waals surface area contributed by atoms with E-state index in [1.54, 1.807) is 0 Å². The highest BCUT2D eigenvalue weighted by Gasteiger charge is 2.18. The first-order valence-electron chi connectivity index (χ1n) is 7.81. The quantitative estimate of drug-likeness (QED) is 0.760. The van der Waals surface area contributed by atoms with Crippen LogP contribution in [0.2, 0.25) is 0 Å². The van der Waals surface area contributed by atoms with Gasteiger partial charge in [0.25, 0.3) is 0 Å². The van der Waals surface area contributed by atoms with Gasteiger partial charge in [-0.25, -0.2) is 0 Å². The van der Waals surface area contributed by atoms with Crippen molar-refractivity contribution >= 4 is 0 Å². The van der Waals surface area contributed by atoms with Gasteiger partial charge in [-0.2, -0.15) is 0 Å². The fourth-order valence-corrected chi connectivity index (χ4v) is 2.59. The summed E-state index contributed by atoms with van der Waals surface area (Å²) in [7, 11) is 0. The summed E-state index contributed by atoms with van der Waals surface area (Å²) in [6.07, 6.45) is 6.96. The second kappa shape index (κ2) is 8.23. The van der Waals surface area contributed by atoms with Gasteiger partial charge in [0.2, 0.25) is 0 Å². The van der Waals surface area contributed by atoms with Crippen molar-refractivity contribution < 1.29 is 4.74 Å². The van der Waals surface area contributed by atoms with Gasteiger partial charge in [0.1, 0.15) is 0 Å². The highest BCUT2D eigenvalue weighted by Crippen LogP contribution is 2.25. The fourth-order valence-electron chi connectivity index (χ4n) is 2.59. The molecule has 1 aromatic carbocycles. The molecule has 1 aromatic rings. The molecule has 0 heterocycles. The van der Waals surface area contributed by atoms with Crippen LogP contribution in [-0.2, 0) is 17.9 Å². The summed E-state index contributed by atoms with van der Waals surface area (Å²) in [4.78, 5) is 0. The number of ether oxygens (including phenoxy) is 1. The lowest BCUT2D eigenvalue weighted by Gasteiger charge is -2.24. The minimum absolute atomic E-state index is 0.688. The Morgan fingerprint density at radius 2 is 1.80 bits per heavy atom. The minimum Gasteiger partial charge on any atom is -0.376 e. The van der Waals surface area contributed by atoms with Crippen molar-refractivity contribution in [3.8, 4) is 0 Å². The Morgan fingerprint density at radius 3 is 2.50 bits per heavy atom. The summed E-state index contributed by atoms with van der Waals surface area (Å²) in [5.74, 6) is 1.44. The van der Waals surface area contributed by atoms with Crippen molar-refractivity contribution in [3.63, 3.8) is 0 Å². The SMILES string of the molecule is CCNCc1ccc(COCC2CC=CCC2C)cc1. The average molecular weight is 273 g/mol. The van der Waals surface area contributed by atoms with Crippen molar-refractivity contribution in [1.29, 1.82) is 0 Å². The first-order valence-corrected chi connectivity index (χ1v) is 7.81. The molecule has 0 saturated heterocycles. The summed E-state index contributed by atoms with van der Waals surface area (Å²) in [5.41, 5.74) is 2.60. The molecule has 2 nitrogen and oxygen atoms in total. The molecule has 2 rings (SSSR count). The first-order chi connectivity index (χ1) is 9.79. The van der Waals surface area contributed by atoms with Gasteiger partial charge in [-0.15, -0.1) is 0 Å². The Labute approximate surface area is 123 Å². The molecule has 1 N–H and O–H groups in total. The largest absolute Gasteiger partial charge is 0.376 e. The van der Waals surface area contributed by atoms with Crippen LogP contribution in [0.3, 0.4) is 0 Å². The Bertz CT molecular complexity index is 410. The maximum absolute atomic E-state index is 5.90. The summed E-state index contributed by atoms with van der Waals surface area (Å²) in [5, 5.41) is 3.34. The van der Waals surface area contributed by atoms with Crippen molar-refractivity contribution in [2.24, 2.45) is 11.8 Å². The van der Waals surface area contributed by atoms with Crippen LogP contribution >= 0.6 is 0 Å². The standard InChI is InChI=1S/C18H27NO/c1-3-19-12-16-8-10-17(11-9-16)13-20-14-18-7-5-4-6-15(18)2/h4-5,8-11,15,18-19H,3,6-7,12-14H2,1-2H3. The zero-order chi connectivity index (χ0) is 14.2. The predicted octanol–water partition coefficient (Wildman–Crippen LogP) is 3.92. The van der Waals surface area contributed by atoms with Crippen molar-refractivity contribution in [3.05, 3.63) is 47.5 Å². The van der Waals surface area contributed by atoms with Crippen LogP contribution in [0.25, 0.3) is 0 Å². The molecule has 2 heteroatoms. The third-order valence-corrected chi connectivity index (χ3v) is 4.12. The van der Waals surface area contributed by atoms with Crippen LogP contribution in [0.4, 0.5) is 0 Å². The van der Waals surface area contributed by atoms with Crippen molar-refractivity contribution in [1.82, 2.24) is 5.32 Å². The molecule has 2 atom stereocenters. The first kappa shape index (κ1) is 15.3. The lowest BCUT2D eigenvalue weighted by Crippen LogP contribution is -2.19. The van der Waals surface area contributed by atoms with Gasteiger partial charge in [0, 0.05) is 6.54 Å². The lowest BCUT2D eigenvalue weighted by atomic mass is 9.85. The Balaban J connectivity index is 1.72. The molecule has 0 aliphatic heterocycles. The maximum atomic E-state index is 5.90. The number of hydrogen-bond acceptors (Lipinski definition) is 2. The molecule has 0 aromatic heterocycles. The second-order valence-corrected chi connectivity index (χ2v) is 5.79. The number of hydrogen-bond donors (Lipinski definition) is 1. The monoisotopic (exact) mass is 273 g/mol. The van der Waals surface area contributed by atoms with E-state index in [1.807, 2.05) is 0 Å². The molecule has 2 unspecified atom stereocenters. The van der Waals surface area contributed by atoms with Crippen molar-refractivity contribution in [2.45, 2.75) is 39.8 Å². The van der Waals surface area contributed by atoms with E-state index >= 15 is 0 Å². The fraction of sp³-hybridized carbons (Fsp3) is 0.556. The Kier molecular flexibility index (Phi) is 6.28. The smallest absolute Gasteiger partial charge is 0.0717 e. The normalized spacial score (nSPS) is 22.1. The molecule has 0 spiro atoms. The molecule has 0 bridgehead atoms. The number of allylic oxidation sites excluding steroid dienone is 2. The molecule has 0 saturated carbocycles. The van der Waals surface area contributed by atoms with Gasteiger partial charge in [0.05, 0.1) is 13.2 Å². The van der Waals surface area contributed by atoms with Crippen LogP contribution in [0.15, 0.2) is 36.4 Å². The number of rotatable bonds is 7. The van der Waals surface area contributed by atoms with Crippen LogP contribution in [0.5, 0.6) is 0 Å². The van der Waals surface area contributed by atoms with Gasteiger partial charge < -0.3 is 10.1 Å². The third kappa shape index (κ3) is 4.77. The molecular formula is C18H27NO. The zero-order valence-corrected chi connectivity index (χ0v) is 12.8. The van der Waals surface area contributed by atoms with Gasteiger partial charge in [0.15, 0.2) is 0 Å². The predicted molar refractivity (Wildman–Crippen MR) is 84.5 cm³/mol. The summed E-state index contributed by atoms with van der Waals surface area (Å²) in [6, 6.07) is 8.73. The molecule has 0 fully saturated rings. The van der Waals surface area contributed by atoms with Gasteiger partial charge in [-0.05, 0) is 42.3 Å². The summed E-state index contributed by atoms with van der Waals surface area (Å²) in [6.45, 7) is 8.03. The van der Waals surface area contributed by atoms with E-state index in [0.29, 0.717) is 5.92 Å². The number of nitrogens with one attached hydrogen (secondary N) is 1. The molecule has 110 valence electrons. The van der Waals surface area contributed by atoms with Crippen LogP contribution < -0.4 is 5.32 Å². The molecule has 1 aliphatic rings. The lowest BCUT2D eigenvalue weighted by molar-refractivity contribution is 0.0680. The minimum atomic E-state index is 0.688. The molecule has 1 aliphatic carbocycles. The van der Waals surface area contributed by atoms with E-state index in [1.165, 1.54) is 24.0 Å². The van der Waals surface area contributed by atoms with Gasteiger partial charge in [-0.1, -0.05) is 50.3 Å². The Hall–Kier alpha value is -1.12. The highest BCUT2D eigenvalue weighted by molar-refractivity contribution is 5.21. The third-order valence-electron chi connectivity index (χ3n) is 4.12. The number of benzene rings is 1. The molecular weight excluding hydrogens is 246 g/mol. The maximum Gasteiger partial charge on any atom is 0.0717 e. The van der Waals surface area contributed by atoms with E-state index in [2.05, 4.69) is 55.6 Å². The molecule has 20 heavy (non-hydrogen) atoms. The Morgan fingerprint density at radius 1 is 1.10 bits per heavy atom.